The summed E-state index contributed by atoms with van der Waals surface area (Å²) < 4.78 is 0. The highest BCUT2D eigenvalue weighted by Crippen LogP contribution is 2.48. The summed E-state index contributed by atoms with van der Waals surface area (Å²) in [6, 6.07) is 7.65. The van der Waals surface area contributed by atoms with Crippen LogP contribution in [0.15, 0.2) is 34.1 Å². The van der Waals surface area contributed by atoms with Gasteiger partial charge in [-0.2, -0.15) is 0 Å². The lowest BCUT2D eigenvalue weighted by Crippen LogP contribution is -2.37. The average molecular weight is 417 g/mol. The molecule has 1 heterocycles. The first-order valence-electron chi connectivity index (χ1n) is 7.25. The lowest BCUT2D eigenvalue weighted by molar-refractivity contribution is 0.0214. The van der Waals surface area contributed by atoms with Crippen LogP contribution in [0.2, 0.25) is 15.1 Å². The molecule has 2 amide bonds. The Balaban J connectivity index is 2.15. The van der Waals surface area contributed by atoms with Crippen molar-refractivity contribution < 1.29 is 14.7 Å². The monoisotopic (exact) mass is 415 g/mol. The van der Waals surface area contributed by atoms with Crippen LogP contribution in [-0.4, -0.2) is 28.0 Å². The van der Waals surface area contributed by atoms with Gasteiger partial charge in [0.1, 0.15) is 6.23 Å². The summed E-state index contributed by atoms with van der Waals surface area (Å²) in [6.45, 7) is 3.28. The van der Waals surface area contributed by atoms with E-state index < -0.39 is 18.0 Å². The molecule has 1 aliphatic rings. The Morgan fingerprint density at radius 1 is 0.960 bits per heavy atom. The maximum atomic E-state index is 12.5. The molecule has 8 heteroatoms. The van der Waals surface area contributed by atoms with Crippen molar-refractivity contribution in [1.82, 2.24) is 4.90 Å². The first-order chi connectivity index (χ1) is 11.7. The number of nitrogens with zero attached hydrogens (tertiary/aromatic N) is 1. The molecule has 4 nitrogen and oxygen atoms in total. The van der Waals surface area contributed by atoms with Crippen LogP contribution in [0.3, 0.4) is 0 Å². The van der Waals surface area contributed by atoms with Gasteiger partial charge in [-0.3, -0.25) is 9.59 Å². The summed E-state index contributed by atoms with van der Waals surface area (Å²) in [4.78, 5) is 26.9. The average Bonchev–Trinajstić information content (AvgIpc) is 2.82. The molecule has 2 aromatic carbocycles. The number of rotatable bonds is 3. The van der Waals surface area contributed by atoms with Crippen LogP contribution in [0.25, 0.3) is 0 Å². The SMILES string of the molecule is Cc1ccc(Sc2c(Cl)c(Cl)c3c(c2Cl)C(=O)N(C(C)O)C3=O)cc1. The fourth-order valence-electron chi connectivity index (χ4n) is 2.53. The van der Waals surface area contributed by atoms with E-state index in [4.69, 9.17) is 34.8 Å². The van der Waals surface area contributed by atoms with Crippen molar-refractivity contribution in [2.45, 2.75) is 29.9 Å². The molecule has 0 fully saturated rings. The third-order valence-electron chi connectivity index (χ3n) is 3.76. The van der Waals surface area contributed by atoms with E-state index in [9.17, 15) is 14.7 Å². The van der Waals surface area contributed by atoms with Crippen molar-refractivity contribution in [2.75, 3.05) is 0 Å². The molecule has 1 atom stereocenters. The molecule has 1 unspecified atom stereocenters. The Morgan fingerprint density at radius 3 is 2.00 bits per heavy atom. The van der Waals surface area contributed by atoms with Crippen LogP contribution in [0.1, 0.15) is 33.2 Å². The number of aliphatic hydroxyl groups is 1. The molecule has 1 aliphatic heterocycles. The molecule has 0 saturated heterocycles. The zero-order valence-electron chi connectivity index (χ0n) is 13.1. The van der Waals surface area contributed by atoms with Crippen LogP contribution in [-0.2, 0) is 0 Å². The van der Waals surface area contributed by atoms with Crippen molar-refractivity contribution >= 4 is 58.4 Å². The number of carbonyl (C=O) groups excluding carboxylic acids is 2. The number of amides is 2. The molecule has 1 N–H and O–H groups in total. The quantitative estimate of drug-likeness (QED) is 0.562. The summed E-state index contributed by atoms with van der Waals surface area (Å²) in [5.74, 6) is -1.40. The normalized spacial score (nSPS) is 14.9. The predicted molar refractivity (Wildman–Crippen MR) is 99.0 cm³/mol. The minimum absolute atomic E-state index is 0.0309. The van der Waals surface area contributed by atoms with Crippen molar-refractivity contribution in [2.24, 2.45) is 0 Å². The number of imide groups is 1. The summed E-state index contributed by atoms with van der Waals surface area (Å²) in [5, 5.41) is 9.82. The van der Waals surface area contributed by atoms with Gasteiger partial charge in [-0.05, 0) is 26.0 Å². The maximum Gasteiger partial charge on any atom is 0.265 e. The van der Waals surface area contributed by atoms with Gasteiger partial charge in [0, 0.05) is 4.90 Å². The number of fused-ring (bicyclic) bond motifs is 1. The molecule has 2 aromatic rings. The Labute approximate surface area is 163 Å². The Kier molecular flexibility index (Phi) is 5.06. The second kappa shape index (κ2) is 6.82. The highest BCUT2D eigenvalue weighted by Gasteiger charge is 2.43. The minimum atomic E-state index is -1.30. The largest absolute Gasteiger partial charge is 0.373 e. The van der Waals surface area contributed by atoms with Crippen LogP contribution in [0.4, 0.5) is 0 Å². The van der Waals surface area contributed by atoms with Gasteiger partial charge in [-0.1, -0.05) is 64.3 Å². The number of aryl methyl sites for hydroxylation is 1. The zero-order chi connectivity index (χ0) is 18.5. The molecule has 0 aromatic heterocycles. The second-order valence-corrected chi connectivity index (χ2v) is 7.77. The van der Waals surface area contributed by atoms with Crippen molar-refractivity contribution in [3.63, 3.8) is 0 Å². The Bertz CT molecular complexity index is 897. The smallest absolute Gasteiger partial charge is 0.265 e. The lowest BCUT2D eigenvalue weighted by atomic mass is 10.1. The van der Waals surface area contributed by atoms with E-state index in [1.807, 2.05) is 31.2 Å². The van der Waals surface area contributed by atoms with Gasteiger partial charge in [0.15, 0.2) is 0 Å². The van der Waals surface area contributed by atoms with Crippen LogP contribution in [0.5, 0.6) is 0 Å². The van der Waals surface area contributed by atoms with E-state index in [0.29, 0.717) is 9.80 Å². The molecule has 0 aliphatic carbocycles. The number of hydrogen-bond donors (Lipinski definition) is 1. The van der Waals surface area contributed by atoms with Crippen molar-refractivity contribution in [1.29, 1.82) is 0 Å². The highest BCUT2D eigenvalue weighted by molar-refractivity contribution is 7.99. The molecule has 130 valence electrons. The number of halogens is 3. The fourth-order valence-corrected chi connectivity index (χ4v) is 4.48. The highest BCUT2D eigenvalue weighted by atomic mass is 35.5. The van der Waals surface area contributed by atoms with E-state index in [-0.39, 0.29) is 26.2 Å². The lowest BCUT2D eigenvalue weighted by Gasteiger charge is -2.16. The number of aliphatic hydroxyl groups excluding tert-OH is 1. The van der Waals surface area contributed by atoms with Gasteiger partial charge in [0.05, 0.1) is 31.1 Å². The van der Waals surface area contributed by atoms with Gasteiger partial charge in [-0.25, -0.2) is 4.90 Å². The number of benzene rings is 2. The molecule has 0 radical (unpaired) electrons. The fraction of sp³-hybridized carbons (Fsp3) is 0.176. The summed E-state index contributed by atoms with van der Waals surface area (Å²) in [7, 11) is 0. The van der Waals surface area contributed by atoms with E-state index in [2.05, 4.69) is 0 Å². The van der Waals surface area contributed by atoms with Gasteiger partial charge in [0.2, 0.25) is 0 Å². The molecule has 25 heavy (non-hydrogen) atoms. The van der Waals surface area contributed by atoms with E-state index in [1.165, 1.54) is 18.7 Å². The van der Waals surface area contributed by atoms with E-state index >= 15 is 0 Å². The Morgan fingerprint density at radius 2 is 1.48 bits per heavy atom. The van der Waals surface area contributed by atoms with Gasteiger partial charge in [0.25, 0.3) is 11.8 Å². The number of hydrogen-bond acceptors (Lipinski definition) is 4. The van der Waals surface area contributed by atoms with Gasteiger partial charge < -0.3 is 5.11 Å². The first-order valence-corrected chi connectivity index (χ1v) is 9.20. The van der Waals surface area contributed by atoms with Crippen LogP contribution < -0.4 is 0 Å². The van der Waals surface area contributed by atoms with E-state index in [1.54, 1.807) is 0 Å². The Hall–Kier alpha value is -1.24. The topological polar surface area (TPSA) is 57.6 Å². The molecular weight excluding hydrogens is 405 g/mol. The van der Waals surface area contributed by atoms with Gasteiger partial charge in [-0.15, -0.1) is 0 Å². The third kappa shape index (κ3) is 3.04. The van der Waals surface area contributed by atoms with Gasteiger partial charge >= 0.3 is 0 Å². The first kappa shape index (κ1) is 18.5. The third-order valence-corrected chi connectivity index (χ3v) is 6.34. The molecule has 0 bridgehead atoms. The molecular formula is C17H12Cl3NO3S. The molecule has 0 saturated carbocycles. The van der Waals surface area contributed by atoms with E-state index in [0.717, 1.165) is 10.5 Å². The zero-order valence-corrected chi connectivity index (χ0v) is 16.2. The molecule has 3 rings (SSSR count). The van der Waals surface area contributed by atoms with Crippen molar-refractivity contribution in [3.05, 3.63) is 56.0 Å². The summed E-state index contributed by atoms with van der Waals surface area (Å²) >= 11 is 20.2. The standard InChI is InChI=1S/C17H12Cl3NO3S/c1-7-3-5-9(6-4-7)25-15-13(19)11-10(12(18)14(15)20)16(23)21(8(2)22)17(11)24/h3-6,8,22H,1-2H3. The summed E-state index contributed by atoms with van der Waals surface area (Å²) in [5.41, 5.74) is 0.995. The summed E-state index contributed by atoms with van der Waals surface area (Å²) in [6.07, 6.45) is -1.30. The maximum absolute atomic E-state index is 12.5. The predicted octanol–water partition coefficient (Wildman–Crippen LogP) is 5.04. The molecule has 0 spiro atoms. The van der Waals surface area contributed by atoms with Crippen LogP contribution >= 0.6 is 46.6 Å². The number of carbonyl (C=O) groups is 2. The minimum Gasteiger partial charge on any atom is -0.373 e. The van der Waals surface area contributed by atoms with Crippen molar-refractivity contribution in [3.8, 4) is 0 Å². The van der Waals surface area contributed by atoms with Crippen LogP contribution in [0, 0.1) is 6.92 Å². The second-order valence-electron chi connectivity index (χ2n) is 5.55.